The lowest BCUT2D eigenvalue weighted by Crippen LogP contribution is -2.28. The van der Waals surface area contributed by atoms with Crippen LogP contribution >= 0.6 is 11.3 Å². The monoisotopic (exact) mass is 365 g/mol. The number of fused-ring (bicyclic) bond motifs is 1. The second-order valence-electron chi connectivity index (χ2n) is 5.77. The number of thiazole rings is 1. The zero-order chi connectivity index (χ0) is 17.9. The maximum Gasteiger partial charge on any atom is 0.325 e. The SMILES string of the molecule is COc1cccc(CC(=O)Nc2ccc3[nH]c[n+](-c4nccs4)c3c2)c1. The molecule has 2 heterocycles. The number of hydrogen-bond donors (Lipinski definition) is 2. The molecule has 1 amide bonds. The summed E-state index contributed by atoms with van der Waals surface area (Å²) >= 11 is 1.55. The first-order valence-electron chi connectivity index (χ1n) is 8.08. The van der Waals surface area contributed by atoms with E-state index in [4.69, 9.17) is 4.74 Å². The van der Waals surface area contributed by atoms with E-state index >= 15 is 0 Å². The number of benzene rings is 2. The lowest BCUT2D eigenvalue weighted by molar-refractivity contribution is -0.566. The number of aromatic nitrogens is 3. The van der Waals surface area contributed by atoms with E-state index in [2.05, 4.69) is 15.3 Å². The minimum absolute atomic E-state index is 0.0751. The Hall–Kier alpha value is -3.19. The number of carbonyl (C=O) groups excluding carboxylic acids is 1. The fourth-order valence-corrected chi connectivity index (χ4v) is 3.43. The van der Waals surface area contributed by atoms with Crippen LogP contribution in [0.25, 0.3) is 16.2 Å². The van der Waals surface area contributed by atoms with Crippen molar-refractivity contribution in [2.45, 2.75) is 6.42 Å². The third-order valence-corrected chi connectivity index (χ3v) is 4.79. The van der Waals surface area contributed by atoms with Gasteiger partial charge in [-0.1, -0.05) is 23.5 Å². The van der Waals surface area contributed by atoms with Crippen molar-refractivity contribution in [3.8, 4) is 10.9 Å². The molecule has 0 spiro atoms. The lowest BCUT2D eigenvalue weighted by Gasteiger charge is -2.06. The third kappa shape index (κ3) is 3.29. The Morgan fingerprint density at radius 3 is 3.04 bits per heavy atom. The van der Waals surface area contributed by atoms with Crippen LogP contribution in [0.1, 0.15) is 5.56 Å². The summed E-state index contributed by atoms with van der Waals surface area (Å²) in [7, 11) is 1.61. The van der Waals surface area contributed by atoms with Crippen LogP contribution in [0.5, 0.6) is 5.75 Å². The number of nitrogens with zero attached hydrogens (tertiary/aromatic N) is 2. The number of methoxy groups -OCH3 is 1. The molecule has 0 saturated carbocycles. The Morgan fingerprint density at radius 1 is 1.31 bits per heavy atom. The average molecular weight is 365 g/mol. The summed E-state index contributed by atoms with van der Waals surface area (Å²) in [5.74, 6) is 0.669. The fraction of sp³-hybridized carbons (Fsp3) is 0.105. The van der Waals surface area contributed by atoms with Crippen molar-refractivity contribution in [2.24, 2.45) is 0 Å². The van der Waals surface area contributed by atoms with Gasteiger partial charge in [0.15, 0.2) is 6.33 Å². The second-order valence-corrected chi connectivity index (χ2v) is 6.64. The molecule has 0 fully saturated rings. The van der Waals surface area contributed by atoms with Crippen molar-refractivity contribution < 1.29 is 14.1 Å². The first-order chi connectivity index (χ1) is 12.7. The fourth-order valence-electron chi connectivity index (χ4n) is 2.80. The molecule has 130 valence electrons. The van der Waals surface area contributed by atoms with Gasteiger partial charge in [0, 0.05) is 17.1 Å². The Bertz CT molecular complexity index is 1060. The Morgan fingerprint density at radius 2 is 2.23 bits per heavy atom. The van der Waals surface area contributed by atoms with E-state index in [1.54, 1.807) is 24.6 Å². The summed E-state index contributed by atoms with van der Waals surface area (Å²) in [5, 5.41) is 5.76. The van der Waals surface area contributed by atoms with E-state index in [9.17, 15) is 4.79 Å². The van der Waals surface area contributed by atoms with E-state index in [1.165, 1.54) is 0 Å². The molecule has 0 atom stereocenters. The van der Waals surface area contributed by atoms with Crippen LogP contribution in [0.4, 0.5) is 5.69 Å². The summed E-state index contributed by atoms with van der Waals surface area (Å²) in [4.78, 5) is 19.9. The van der Waals surface area contributed by atoms with Crippen molar-refractivity contribution in [1.29, 1.82) is 0 Å². The molecule has 2 aromatic heterocycles. The van der Waals surface area contributed by atoms with Crippen LogP contribution in [-0.4, -0.2) is 23.0 Å². The smallest absolute Gasteiger partial charge is 0.325 e. The van der Waals surface area contributed by atoms with Crippen LogP contribution < -0.4 is 14.6 Å². The predicted molar refractivity (Wildman–Crippen MR) is 101 cm³/mol. The van der Waals surface area contributed by atoms with E-state index in [0.717, 1.165) is 33.2 Å². The molecule has 2 N–H and O–H groups in total. The highest BCUT2D eigenvalue weighted by Gasteiger charge is 2.14. The molecule has 0 aliphatic heterocycles. The number of nitrogens with one attached hydrogen (secondary N) is 2. The van der Waals surface area contributed by atoms with E-state index in [-0.39, 0.29) is 12.3 Å². The number of rotatable bonds is 5. The summed E-state index contributed by atoms with van der Waals surface area (Å²) in [6.07, 6.45) is 3.92. The van der Waals surface area contributed by atoms with Gasteiger partial charge in [-0.3, -0.25) is 9.78 Å². The number of amides is 1. The summed E-state index contributed by atoms with van der Waals surface area (Å²) in [6.45, 7) is 0. The molecule has 0 saturated heterocycles. The van der Waals surface area contributed by atoms with Gasteiger partial charge in [0.05, 0.1) is 13.5 Å². The summed E-state index contributed by atoms with van der Waals surface area (Å²) in [6, 6.07) is 13.3. The molecule has 0 aliphatic carbocycles. The molecule has 4 aromatic rings. The number of H-pyrrole nitrogens is 1. The Labute approximate surface area is 154 Å². The van der Waals surface area contributed by atoms with Gasteiger partial charge in [0.2, 0.25) is 5.91 Å². The largest absolute Gasteiger partial charge is 0.497 e. The summed E-state index contributed by atoms with van der Waals surface area (Å²) in [5.41, 5.74) is 3.59. The van der Waals surface area contributed by atoms with E-state index in [0.29, 0.717) is 0 Å². The molecular weight excluding hydrogens is 348 g/mol. The van der Waals surface area contributed by atoms with Crippen molar-refractivity contribution in [3.63, 3.8) is 0 Å². The maximum atomic E-state index is 12.4. The molecule has 4 rings (SSSR count). The average Bonchev–Trinajstić information content (AvgIpc) is 3.30. The lowest BCUT2D eigenvalue weighted by atomic mass is 10.1. The van der Waals surface area contributed by atoms with Gasteiger partial charge < -0.3 is 10.1 Å². The maximum absolute atomic E-state index is 12.4. The molecule has 7 heteroatoms. The molecular formula is C19H17N4O2S+. The highest BCUT2D eigenvalue weighted by Crippen LogP contribution is 2.18. The Kier molecular flexibility index (Phi) is 4.37. The van der Waals surface area contributed by atoms with E-state index < -0.39 is 0 Å². The quantitative estimate of drug-likeness (QED) is 0.534. The van der Waals surface area contributed by atoms with Crippen molar-refractivity contribution >= 4 is 34.0 Å². The standard InChI is InChI=1S/C19H16N4O2S/c1-25-15-4-2-3-13(9-15)10-18(24)22-14-5-6-16-17(11-14)23(12-21-16)19-20-7-8-26-19/h2-9,11-12H,10H2,1H3,(H,22,24)/p+1. The zero-order valence-electron chi connectivity index (χ0n) is 14.1. The van der Waals surface area contributed by atoms with Gasteiger partial charge in [0.25, 0.3) is 0 Å². The minimum atomic E-state index is -0.0751. The first-order valence-corrected chi connectivity index (χ1v) is 8.96. The van der Waals surface area contributed by atoms with Crippen LogP contribution in [0.3, 0.4) is 0 Å². The van der Waals surface area contributed by atoms with Gasteiger partial charge in [-0.2, -0.15) is 4.57 Å². The normalized spacial score (nSPS) is 10.8. The van der Waals surface area contributed by atoms with Crippen molar-refractivity contribution in [2.75, 3.05) is 12.4 Å². The molecule has 0 aliphatic rings. The second kappa shape index (κ2) is 6.97. The molecule has 0 radical (unpaired) electrons. The van der Waals surface area contributed by atoms with E-state index in [1.807, 2.05) is 58.7 Å². The van der Waals surface area contributed by atoms with Crippen molar-refractivity contribution in [3.05, 3.63) is 65.9 Å². The van der Waals surface area contributed by atoms with Gasteiger partial charge in [0.1, 0.15) is 23.0 Å². The molecule has 26 heavy (non-hydrogen) atoms. The number of ether oxygens (including phenoxy) is 1. The van der Waals surface area contributed by atoms with Gasteiger partial charge >= 0.3 is 5.13 Å². The highest BCUT2D eigenvalue weighted by molar-refractivity contribution is 7.11. The minimum Gasteiger partial charge on any atom is -0.497 e. The zero-order valence-corrected chi connectivity index (χ0v) is 14.9. The number of imidazole rings is 1. The third-order valence-electron chi connectivity index (χ3n) is 4.01. The Balaban J connectivity index is 1.55. The predicted octanol–water partition coefficient (Wildman–Crippen LogP) is 3.09. The highest BCUT2D eigenvalue weighted by atomic mass is 32.1. The first kappa shape index (κ1) is 16.3. The molecule has 6 nitrogen and oxygen atoms in total. The molecule has 2 aromatic carbocycles. The number of hydrogen-bond acceptors (Lipinski definition) is 4. The summed E-state index contributed by atoms with van der Waals surface area (Å²) < 4.78 is 7.17. The van der Waals surface area contributed by atoms with Crippen LogP contribution in [0.2, 0.25) is 0 Å². The van der Waals surface area contributed by atoms with Crippen molar-refractivity contribution in [1.82, 2.24) is 9.97 Å². The van der Waals surface area contributed by atoms with Gasteiger partial charge in [-0.15, -0.1) is 4.98 Å². The van der Waals surface area contributed by atoms with Gasteiger partial charge in [-0.25, -0.2) is 0 Å². The topological polar surface area (TPSA) is 70.9 Å². The van der Waals surface area contributed by atoms with Gasteiger partial charge in [-0.05, 0) is 29.8 Å². The van der Waals surface area contributed by atoms with Crippen LogP contribution in [0.15, 0.2) is 60.4 Å². The van der Waals surface area contributed by atoms with Crippen LogP contribution in [-0.2, 0) is 11.2 Å². The van der Waals surface area contributed by atoms with Crippen LogP contribution in [0, 0.1) is 0 Å². The number of carbonyl (C=O) groups is 1. The molecule has 0 unspecified atom stereocenters. The number of anilines is 1. The number of aromatic amines is 1. The molecule has 0 bridgehead atoms.